The van der Waals surface area contributed by atoms with Crippen LogP contribution in [0.4, 0.5) is 0 Å². The van der Waals surface area contributed by atoms with Crippen molar-refractivity contribution in [2.45, 2.75) is 40.2 Å². The number of nitrogens with zero attached hydrogens (tertiary/aromatic N) is 2. The average Bonchev–Trinajstić information content (AvgIpc) is 2.61. The minimum absolute atomic E-state index is 0.723. The first kappa shape index (κ1) is 12.2. The van der Waals surface area contributed by atoms with Crippen molar-refractivity contribution in [2.75, 3.05) is 13.1 Å². The summed E-state index contributed by atoms with van der Waals surface area (Å²) in [7, 11) is 0. The van der Waals surface area contributed by atoms with Gasteiger partial charge in [0.15, 0.2) is 0 Å². The molecule has 0 aliphatic carbocycles. The summed E-state index contributed by atoms with van der Waals surface area (Å²) < 4.78 is 2.25. The molecule has 0 radical (unpaired) electrons. The lowest BCUT2D eigenvalue weighted by Gasteiger charge is -2.08. The van der Waals surface area contributed by atoms with Crippen molar-refractivity contribution in [3.05, 3.63) is 18.2 Å². The summed E-state index contributed by atoms with van der Waals surface area (Å²) in [5.74, 6) is 1.92. The molecule has 1 N–H and O–H groups in total. The highest BCUT2D eigenvalue weighted by Gasteiger charge is 2.01. The van der Waals surface area contributed by atoms with Crippen molar-refractivity contribution in [1.29, 1.82) is 0 Å². The quantitative estimate of drug-likeness (QED) is 0.697. The summed E-state index contributed by atoms with van der Waals surface area (Å²) in [6.07, 6.45) is 6.16. The lowest BCUT2D eigenvalue weighted by molar-refractivity contribution is 0.541. The molecule has 0 aliphatic rings. The molecule has 1 aromatic rings. The predicted molar refractivity (Wildman–Crippen MR) is 63.9 cm³/mol. The van der Waals surface area contributed by atoms with Crippen molar-refractivity contribution < 1.29 is 0 Å². The number of hydrogen-bond acceptors (Lipinski definition) is 2. The van der Waals surface area contributed by atoms with Gasteiger partial charge in [0.25, 0.3) is 0 Å². The Kier molecular flexibility index (Phi) is 5.40. The fourth-order valence-electron chi connectivity index (χ4n) is 1.60. The van der Waals surface area contributed by atoms with Crippen LogP contribution in [0.15, 0.2) is 12.4 Å². The molecule has 86 valence electrons. The van der Waals surface area contributed by atoms with Gasteiger partial charge in [-0.05, 0) is 18.9 Å². The molecular formula is C12H23N3. The van der Waals surface area contributed by atoms with Crippen LogP contribution in [0.1, 0.15) is 33.0 Å². The number of rotatable bonds is 7. The fourth-order valence-corrected chi connectivity index (χ4v) is 1.60. The van der Waals surface area contributed by atoms with Crippen LogP contribution >= 0.6 is 0 Å². The molecule has 0 saturated heterocycles. The van der Waals surface area contributed by atoms with E-state index in [0.29, 0.717) is 0 Å². The third-order valence-electron chi connectivity index (χ3n) is 2.34. The van der Waals surface area contributed by atoms with Crippen molar-refractivity contribution in [3.63, 3.8) is 0 Å². The molecule has 0 aliphatic heterocycles. The van der Waals surface area contributed by atoms with Crippen LogP contribution in [-0.4, -0.2) is 22.6 Å². The van der Waals surface area contributed by atoms with Gasteiger partial charge in [-0.3, -0.25) is 0 Å². The van der Waals surface area contributed by atoms with E-state index in [1.54, 1.807) is 0 Å². The second-order valence-electron chi connectivity index (χ2n) is 4.38. The summed E-state index contributed by atoms with van der Waals surface area (Å²) in [5.41, 5.74) is 0. The zero-order chi connectivity index (χ0) is 11.1. The van der Waals surface area contributed by atoms with Crippen molar-refractivity contribution in [1.82, 2.24) is 14.9 Å². The maximum atomic E-state index is 4.37. The van der Waals surface area contributed by atoms with Gasteiger partial charge < -0.3 is 9.88 Å². The van der Waals surface area contributed by atoms with Crippen LogP contribution in [0.25, 0.3) is 0 Å². The summed E-state index contributed by atoms with van der Waals surface area (Å²) in [5, 5.41) is 3.44. The Morgan fingerprint density at radius 2 is 2.27 bits per heavy atom. The number of hydrogen-bond donors (Lipinski definition) is 1. The van der Waals surface area contributed by atoms with E-state index in [9.17, 15) is 0 Å². The zero-order valence-corrected chi connectivity index (χ0v) is 10.2. The van der Waals surface area contributed by atoms with E-state index in [4.69, 9.17) is 0 Å². The summed E-state index contributed by atoms with van der Waals surface area (Å²) in [4.78, 5) is 4.37. The van der Waals surface area contributed by atoms with Crippen LogP contribution in [0.2, 0.25) is 0 Å². The molecule has 0 bridgehead atoms. The van der Waals surface area contributed by atoms with Gasteiger partial charge in [0.2, 0.25) is 0 Å². The highest BCUT2D eigenvalue weighted by atomic mass is 15.1. The molecule has 1 heterocycles. The van der Waals surface area contributed by atoms with Gasteiger partial charge in [0.05, 0.1) is 0 Å². The first-order valence-electron chi connectivity index (χ1n) is 5.94. The SMILES string of the molecule is CCCn1ccnc1CCNCC(C)C. The molecule has 0 aromatic carbocycles. The highest BCUT2D eigenvalue weighted by molar-refractivity contribution is 4.92. The summed E-state index contributed by atoms with van der Waals surface area (Å²) in [6.45, 7) is 9.85. The predicted octanol–water partition coefficient (Wildman–Crippen LogP) is 2.08. The molecule has 0 spiro atoms. The fraction of sp³-hybridized carbons (Fsp3) is 0.750. The standard InChI is InChI=1S/C12H23N3/c1-4-8-15-9-7-14-12(15)5-6-13-10-11(2)3/h7,9,11,13H,4-6,8,10H2,1-3H3. The molecule has 0 unspecified atom stereocenters. The van der Waals surface area contributed by atoms with Crippen LogP contribution in [0.3, 0.4) is 0 Å². The monoisotopic (exact) mass is 209 g/mol. The maximum Gasteiger partial charge on any atom is 0.109 e. The minimum Gasteiger partial charge on any atom is -0.335 e. The molecule has 0 saturated carbocycles. The van der Waals surface area contributed by atoms with Gasteiger partial charge in [-0.2, -0.15) is 0 Å². The molecule has 0 atom stereocenters. The third-order valence-corrected chi connectivity index (χ3v) is 2.34. The number of aryl methyl sites for hydroxylation is 1. The number of nitrogens with one attached hydrogen (secondary N) is 1. The van der Waals surface area contributed by atoms with Crippen LogP contribution in [-0.2, 0) is 13.0 Å². The van der Waals surface area contributed by atoms with E-state index in [1.165, 1.54) is 12.2 Å². The van der Waals surface area contributed by atoms with Crippen molar-refractivity contribution in [2.24, 2.45) is 5.92 Å². The van der Waals surface area contributed by atoms with E-state index in [-0.39, 0.29) is 0 Å². The Labute approximate surface area is 92.9 Å². The zero-order valence-electron chi connectivity index (χ0n) is 10.2. The van der Waals surface area contributed by atoms with E-state index in [2.05, 4.69) is 41.8 Å². The molecule has 1 rings (SSSR count). The summed E-state index contributed by atoms with van der Waals surface area (Å²) >= 11 is 0. The van der Waals surface area contributed by atoms with Gasteiger partial charge in [-0.15, -0.1) is 0 Å². The topological polar surface area (TPSA) is 29.9 Å². The second-order valence-corrected chi connectivity index (χ2v) is 4.38. The van der Waals surface area contributed by atoms with Gasteiger partial charge >= 0.3 is 0 Å². The van der Waals surface area contributed by atoms with Gasteiger partial charge in [0.1, 0.15) is 5.82 Å². The molecule has 1 aromatic heterocycles. The smallest absolute Gasteiger partial charge is 0.109 e. The lowest BCUT2D eigenvalue weighted by Crippen LogP contribution is -2.23. The average molecular weight is 209 g/mol. The first-order valence-corrected chi connectivity index (χ1v) is 5.94. The lowest BCUT2D eigenvalue weighted by atomic mass is 10.2. The largest absolute Gasteiger partial charge is 0.335 e. The minimum atomic E-state index is 0.723. The molecular weight excluding hydrogens is 186 g/mol. The van der Waals surface area contributed by atoms with E-state index < -0.39 is 0 Å². The Bertz CT molecular complexity index is 266. The van der Waals surface area contributed by atoms with Gasteiger partial charge in [-0.25, -0.2) is 4.98 Å². The molecule has 15 heavy (non-hydrogen) atoms. The molecule has 0 amide bonds. The number of imidazole rings is 1. The van der Waals surface area contributed by atoms with Gasteiger partial charge in [-0.1, -0.05) is 20.8 Å². The second kappa shape index (κ2) is 6.62. The normalized spacial score (nSPS) is 11.2. The van der Waals surface area contributed by atoms with E-state index in [1.807, 2.05) is 6.20 Å². The van der Waals surface area contributed by atoms with Crippen LogP contribution in [0.5, 0.6) is 0 Å². The Morgan fingerprint density at radius 3 is 2.93 bits per heavy atom. The van der Waals surface area contributed by atoms with Gasteiger partial charge in [0, 0.05) is 31.9 Å². The Balaban J connectivity index is 2.27. The van der Waals surface area contributed by atoms with Crippen LogP contribution in [0, 0.1) is 5.92 Å². The highest BCUT2D eigenvalue weighted by Crippen LogP contribution is 1.99. The first-order chi connectivity index (χ1) is 7.24. The Hall–Kier alpha value is -0.830. The molecule has 3 heteroatoms. The van der Waals surface area contributed by atoms with Crippen molar-refractivity contribution in [3.8, 4) is 0 Å². The maximum absolute atomic E-state index is 4.37. The van der Waals surface area contributed by atoms with E-state index in [0.717, 1.165) is 32.0 Å². The van der Waals surface area contributed by atoms with Crippen molar-refractivity contribution >= 4 is 0 Å². The number of aromatic nitrogens is 2. The van der Waals surface area contributed by atoms with E-state index >= 15 is 0 Å². The Morgan fingerprint density at radius 1 is 1.47 bits per heavy atom. The molecule has 0 fully saturated rings. The van der Waals surface area contributed by atoms with Crippen LogP contribution < -0.4 is 5.32 Å². The third kappa shape index (κ3) is 4.47. The molecule has 3 nitrogen and oxygen atoms in total. The summed E-state index contributed by atoms with van der Waals surface area (Å²) in [6, 6.07) is 0.